The molecule has 1 fully saturated rings. The van der Waals surface area contributed by atoms with Gasteiger partial charge in [0.1, 0.15) is 18.1 Å². The molecule has 0 saturated heterocycles. The molecular formula is C17H26N2O3. The van der Waals surface area contributed by atoms with Crippen molar-refractivity contribution in [3.8, 4) is 11.5 Å². The van der Waals surface area contributed by atoms with E-state index < -0.39 is 0 Å². The van der Waals surface area contributed by atoms with Crippen LogP contribution in [-0.4, -0.2) is 31.8 Å². The molecule has 0 unspecified atom stereocenters. The Kier molecular flexibility index (Phi) is 6.37. The van der Waals surface area contributed by atoms with Crippen molar-refractivity contribution < 1.29 is 14.3 Å². The number of amides is 2. The summed E-state index contributed by atoms with van der Waals surface area (Å²) >= 11 is 0. The van der Waals surface area contributed by atoms with Crippen LogP contribution < -0.4 is 20.1 Å². The molecule has 1 aromatic rings. The fourth-order valence-corrected chi connectivity index (χ4v) is 2.63. The second kappa shape index (κ2) is 8.51. The van der Waals surface area contributed by atoms with Crippen LogP contribution in [0.25, 0.3) is 0 Å². The molecule has 0 heterocycles. The highest BCUT2D eigenvalue weighted by atomic mass is 16.5. The number of hydrogen-bond acceptors (Lipinski definition) is 3. The minimum Gasteiger partial charge on any atom is -0.497 e. The van der Waals surface area contributed by atoms with E-state index in [0.29, 0.717) is 12.6 Å². The van der Waals surface area contributed by atoms with Gasteiger partial charge in [-0.05, 0) is 44.0 Å². The molecule has 0 radical (unpaired) electrons. The Morgan fingerprint density at radius 1 is 1.18 bits per heavy atom. The Hall–Kier alpha value is -1.91. The summed E-state index contributed by atoms with van der Waals surface area (Å²) < 4.78 is 10.8. The van der Waals surface area contributed by atoms with E-state index in [0.717, 1.165) is 24.3 Å². The summed E-state index contributed by atoms with van der Waals surface area (Å²) in [5.74, 6) is 1.56. The van der Waals surface area contributed by atoms with Crippen molar-refractivity contribution in [3.63, 3.8) is 0 Å². The molecule has 22 heavy (non-hydrogen) atoms. The van der Waals surface area contributed by atoms with Crippen molar-refractivity contribution in [3.05, 3.63) is 24.3 Å². The van der Waals surface area contributed by atoms with Crippen LogP contribution in [0.4, 0.5) is 4.79 Å². The zero-order chi connectivity index (χ0) is 15.8. The second-order valence-electron chi connectivity index (χ2n) is 5.84. The molecule has 1 saturated carbocycles. The lowest BCUT2D eigenvalue weighted by Crippen LogP contribution is -2.47. The van der Waals surface area contributed by atoms with Gasteiger partial charge in [-0.3, -0.25) is 0 Å². The first kappa shape index (κ1) is 16.5. The van der Waals surface area contributed by atoms with Gasteiger partial charge in [-0.15, -0.1) is 0 Å². The predicted octanol–water partition coefficient (Wildman–Crippen LogP) is 3.09. The first-order valence-corrected chi connectivity index (χ1v) is 8.01. The van der Waals surface area contributed by atoms with Crippen LogP contribution in [0.15, 0.2) is 24.3 Å². The Labute approximate surface area is 132 Å². The molecule has 0 spiro atoms. The summed E-state index contributed by atoms with van der Waals surface area (Å²) in [5.41, 5.74) is 0. The van der Waals surface area contributed by atoms with Crippen molar-refractivity contribution in [2.75, 3.05) is 13.7 Å². The van der Waals surface area contributed by atoms with Crippen molar-refractivity contribution in [1.29, 1.82) is 0 Å². The SMILES string of the molecule is COc1ccc(OC[C@H](C)NC(=O)NC2CCCCC2)cc1. The van der Waals surface area contributed by atoms with Gasteiger partial charge >= 0.3 is 6.03 Å². The Balaban J connectivity index is 1.67. The van der Waals surface area contributed by atoms with E-state index in [1.54, 1.807) is 7.11 Å². The molecule has 1 atom stereocenters. The smallest absolute Gasteiger partial charge is 0.315 e. The molecule has 2 rings (SSSR count). The van der Waals surface area contributed by atoms with Crippen molar-refractivity contribution >= 4 is 6.03 Å². The number of hydrogen-bond donors (Lipinski definition) is 2. The van der Waals surface area contributed by atoms with Gasteiger partial charge in [0.05, 0.1) is 13.2 Å². The van der Waals surface area contributed by atoms with Gasteiger partial charge in [0.15, 0.2) is 0 Å². The van der Waals surface area contributed by atoms with Crippen LogP contribution in [0.1, 0.15) is 39.0 Å². The number of benzene rings is 1. The lowest BCUT2D eigenvalue weighted by molar-refractivity contribution is 0.219. The number of carbonyl (C=O) groups excluding carboxylic acids is 1. The maximum atomic E-state index is 11.9. The van der Waals surface area contributed by atoms with Crippen LogP contribution in [0.5, 0.6) is 11.5 Å². The standard InChI is InChI=1S/C17H26N2O3/c1-13(12-22-16-10-8-15(21-2)9-11-16)18-17(20)19-14-6-4-3-5-7-14/h8-11,13-14H,3-7,12H2,1-2H3,(H2,18,19,20)/t13-/m0/s1. The highest BCUT2D eigenvalue weighted by Crippen LogP contribution is 2.18. The fraction of sp³-hybridized carbons (Fsp3) is 0.588. The highest BCUT2D eigenvalue weighted by Gasteiger charge is 2.16. The van der Waals surface area contributed by atoms with Gasteiger partial charge in [-0.25, -0.2) is 4.79 Å². The van der Waals surface area contributed by atoms with Gasteiger partial charge in [-0.2, -0.15) is 0 Å². The number of rotatable bonds is 6. The van der Waals surface area contributed by atoms with E-state index in [2.05, 4.69) is 10.6 Å². The molecule has 1 aliphatic carbocycles. The number of carbonyl (C=O) groups is 1. The summed E-state index contributed by atoms with van der Waals surface area (Å²) in [7, 11) is 1.63. The third-order valence-electron chi connectivity index (χ3n) is 3.88. The number of ether oxygens (including phenoxy) is 2. The molecule has 1 aromatic carbocycles. The van der Waals surface area contributed by atoms with Crippen molar-refractivity contribution in [1.82, 2.24) is 10.6 Å². The zero-order valence-electron chi connectivity index (χ0n) is 13.4. The Bertz CT molecular complexity index is 455. The van der Waals surface area contributed by atoms with Crippen LogP contribution in [0.3, 0.4) is 0 Å². The largest absolute Gasteiger partial charge is 0.497 e. The number of urea groups is 1. The quantitative estimate of drug-likeness (QED) is 0.849. The van der Waals surface area contributed by atoms with Gasteiger partial charge < -0.3 is 20.1 Å². The average Bonchev–Trinajstić information content (AvgIpc) is 2.54. The fourth-order valence-electron chi connectivity index (χ4n) is 2.63. The zero-order valence-corrected chi connectivity index (χ0v) is 13.4. The Morgan fingerprint density at radius 3 is 2.45 bits per heavy atom. The van der Waals surface area contributed by atoms with E-state index in [4.69, 9.17) is 9.47 Å². The maximum absolute atomic E-state index is 11.9. The maximum Gasteiger partial charge on any atom is 0.315 e. The van der Waals surface area contributed by atoms with Gasteiger partial charge in [0.2, 0.25) is 0 Å². The van der Waals surface area contributed by atoms with Gasteiger partial charge in [0, 0.05) is 6.04 Å². The molecule has 0 bridgehead atoms. The molecule has 1 aliphatic rings. The van der Waals surface area contributed by atoms with Crippen molar-refractivity contribution in [2.45, 2.75) is 51.1 Å². The summed E-state index contributed by atoms with van der Waals surface area (Å²) in [6.45, 7) is 2.37. The summed E-state index contributed by atoms with van der Waals surface area (Å²) in [5, 5.41) is 5.96. The molecule has 0 aliphatic heterocycles. The Morgan fingerprint density at radius 2 is 1.82 bits per heavy atom. The molecule has 0 aromatic heterocycles. The van der Waals surface area contributed by atoms with Crippen LogP contribution in [-0.2, 0) is 0 Å². The lowest BCUT2D eigenvalue weighted by atomic mass is 9.96. The minimum atomic E-state index is -0.0993. The third kappa shape index (κ3) is 5.47. The van der Waals surface area contributed by atoms with Crippen LogP contribution >= 0.6 is 0 Å². The minimum absolute atomic E-state index is 0.0503. The van der Waals surface area contributed by atoms with E-state index in [1.807, 2.05) is 31.2 Å². The molecule has 2 N–H and O–H groups in total. The molecular weight excluding hydrogens is 280 g/mol. The van der Waals surface area contributed by atoms with E-state index in [-0.39, 0.29) is 12.1 Å². The first-order chi connectivity index (χ1) is 10.7. The lowest BCUT2D eigenvalue weighted by Gasteiger charge is -2.24. The van der Waals surface area contributed by atoms with E-state index in [1.165, 1.54) is 19.3 Å². The van der Waals surface area contributed by atoms with Gasteiger partial charge in [0.25, 0.3) is 0 Å². The highest BCUT2D eigenvalue weighted by molar-refractivity contribution is 5.74. The summed E-state index contributed by atoms with van der Waals surface area (Å²) in [4.78, 5) is 11.9. The van der Waals surface area contributed by atoms with Crippen molar-refractivity contribution in [2.24, 2.45) is 0 Å². The number of methoxy groups -OCH3 is 1. The van der Waals surface area contributed by atoms with Crippen LogP contribution in [0, 0.1) is 0 Å². The predicted molar refractivity (Wildman–Crippen MR) is 86.5 cm³/mol. The molecule has 2 amide bonds. The second-order valence-corrected chi connectivity index (χ2v) is 5.84. The summed E-state index contributed by atoms with van der Waals surface area (Å²) in [6, 6.07) is 7.58. The first-order valence-electron chi connectivity index (χ1n) is 8.01. The summed E-state index contributed by atoms with van der Waals surface area (Å²) in [6.07, 6.45) is 5.88. The van der Waals surface area contributed by atoms with Crippen LogP contribution in [0.2, 0.25) is 0 Å². The van der Waals surface area contributed by atoms with E-state index >= 15 is 0 Å². The van der Waals surface area contributed by atoms with E-state index in [9.17, 15) is 4.79 Å². The third-order valence-corrected chi connectivity index (χ3v) is 3.88. The number of nitrogens with one attached hydrogen (secondary N) is 2. The monoisotopic (exact) mass is 306 g/mol. The molecule has 5 heteroatoms. The topological polar surface area (TPSA) is 59.6 Å². The normalized spacial score (nSPS) is 16.6. The van der Waals surface area contributed by atoms with Gasteiger partial charge in [-0.1, -0.05) is 19.3 Å². The molecule has 5 nitrogen and oxygen atoms in total. The molecule has 122 valence electrons. The average molecular weight is 306 g/mol.